The summed E-state index contributed by atoms with van der Waals surface area (Å²) in [7, 11) is 0. The molecule has 0 saturated carbocycles. The Balaban J connectivity index is 3.72. The summed E-state index contributed by atoms with van der Waals surface area (Å²) < 4.78 is 10.6. The summed E-state index contributed by atoms with van der Waals surface area (Å²) >= 11 is 0. The van der Waals surface area contributed by atoms with Gasteiger partial charge in [-0.25, -0.2) is 0 Å². The second-order valence-electron chi connectivity index (χ2n) is 14.7. The molecule has 0 fully saturated rings. The molecule has 0 rings (SSSR count). The van der Waals surface area contributed by atoms with Crippen LogP contribution in [0.2, 0.25) is 0 Å². The van der Waals surface area contributed by atoms with Crippen molar-refractivity contribution in [2.24, 2.45) is 0 Å². The van der Waals surface area contributed by atoms with Crippen molar-refractivity contribution in [1.29, 1.82) is 0 Å². The van der Waals surface area contributed by atoms with Crippen molar-refractivity contribution in [2.75, 3.05) is 13.2 Å². The number of unbranched alkanes of at least 4 members (excludes halogenated alkanes) is 8. The highest BCUT2D eigenvalue weighted by Crippen LogP contribution is 2.10. The molecular formula is C55H84O5. The zero-order chi connectivity index (χ0) is 43.5. The van der Waals surface area contributed by atoms with Gasteiger partial charge >= 0.3 is 11.9 Å². The van der Waals surface area contributed by atoms with Crippen LogP contribution in [-0.2, 0) is 19.1 Å². The Kier molecular flexibility index (Phi) is 45.7. The molecule has 0 spiro atoms. The van der Waals surface area contributed by atoms with Crippen LogP contribution in [0, 0.1) is 0 Å². The Bertz CT molecular complexity index is 1350. The van der Waals surface area contributed by atoms with Crippen LogP contribution in [0.5, 0.6) is 0 Å². The predicted octanol–water partition coefficient (Wildman–Crippen LogP) is 15.5. The van der Waals surface area contributed by atoms with Crippen molar-refractivity contribution in [1.82, 2.24) is 0 Å². The standard InChI is InChI=1S/C55H84O5/c1-3-5-7-9-11-13-15-17-19-21-23-25-27-29-31-33-35-37-39-41-43-45-47-49-54(57)59-52-53(51-56)60-55(58)50-48-46-44-42-40-38-36-34-32-30-28-26-24-22-20-18-16-14-12-10-8-6-4-2/h5-8,11-14,17-20,23-26,29-32,35-38,53,56H,3-4,9-10,15-16,21-22,27-28,33-34,39-52H2,1-2H3/b7-5-,8-6-,13-11-,14-12-,19-17-,20-18-,25-23-,26-24-,31-29-,32-30-,37-35-,38-36-. The molecular weight excluding hydrogens is 741 g/mol. The lowest BCUT2D eigenvalue weighted by atomic mass is 10.1. The molecule has 5 heteroatoms. The SMILES string of the molecule is CC/C=C\C/C=C\C/C=C\C/C=C\C/C=C\C/C=C\CCCCCCC(=O)OCC(CO)OC(=O)CCCCCC/C=C\C/C=C\C/C=C\C/C=C\C/C=C\C/C=C\CC. The Morgan fingerprint density at radius 1 is 0.383 bits per heavy atom. The van der Waals surface area contributed by atoms with Crippen LogP contribution < -0.4 is 0 Å². The van der Waals surface area contributed by atoms with Gasteiger partial charge in [-0.3, -0.25) is 9.59 Å². The maximum Gasteiger partial charge on any atom is 0.306 e. The second kappa shape index (κ2) is 49.1. The summed E-state index contributed by atoms with van der Waals surface area (Å²) in [6.45, 7) is 3.85. The fourth-order valence-electron chi connectivity index (χ4n) is 5.68. The average Bonchev–Trinajstić information content (AvgIpc) is 3.25. The third-order valence-electron chi connectivity index (χ3n) is 9.13. The molecule has 0 aromatic carbocycles. The van der Waals surface area contributed by atoms with E-state index in [1.165, 1.54) is 0 Å². The molecule has 0 aliphatic rings. The van der Waals surface area contributed by atoms with Gasteiger partial charge in [0.05, 0.1) is 6.61 Å². The van der Waals surface area contributed by atoms with E-state index in [0.29, 0.717) is 12.8 Å². The lowest BCUT2D eigenvalue weighted by molar-refractivity contribution is -0.161. The predicted molar refractivity (Wildman–Crippen MR) is 260 cm³/mol. The smallest absolute Gasteiger partial charge is 0.306 e. The third kappa shape index (κ3) is 46.5. The van der Waals surface area contributed by atoms with Gasteiger partial charge in [0, 0.05) is 12.8 Å². The number of aliphatic hydroxyl groups is 1. The molecule has 0 aliphatic carbocycles. The highest BCUT2D eigenvalue weighted by atomic mass is 16.6. The van der Waals surface area contributed by atoms with Gasteiger partial charge < -0.3 is 14.6 Å². The first-order chi connectivity index (χ1) is 29.6. The van der Waals surface area contributed by atoms with Crippen LogP contribution in [0.1, 0.15) is 168 Å². The van der Waals surface area contributed by atoms with Crippen LogP contribution in [0.4, 0.5) is 0 Å². The van der Waals surface area contributed by atoms with Crippen LogP contribution in [0.3, 0.4) is 0 Å². The molecule has 1 unspecified atom stereocenters. The Labute approximate surface area is 368 Å². The van der Waals surface area contributed by atoms with E-state index in [2.05, 4.69) is 160 Å². The number of carbonyl (C=O) groups excluding carboxylic acids is 2. The second-order valence-corrected chi connectivity index (χ2v) is 14.7. The molecule has 0 heterocycles. The van der Waals surface area contributed by atoms with Crippen LogP contribution in [0.15, 0.2) is 146 Å². The minimum Gasteiger partial charge on any atom is -0.462 e. The van der Waals surface area contributed by atoms with Crippen LogP contribution in [-0.4, -0.2) is 36.4 Å². The number of rotatable bonds is 40. The van der Waals surface area contributed by atoms with Gasteiger partial charge in [0.25, 0.3) is 0 Å². The van der Waals surface area contributed by atoms with Gasteiger partial charge in [0.15, 0.2) is 6.10 Å². The first-order valence-corrected chi connectivity index (χ1v) is 23.4. The number of hydrogen-bond acceptors (Lipinski definition) is 5. The van der Waals surface area contributed by atoms with Crippen molar-refractivity contribution in [3.05, 3.63) is 146 Å². The van der Waals surface area contributed by atoms with E-state index in [9.17, 15) is 14.7 Å². The van der Waals surface area contributed by atoms with Crippen LogP contribution in [0.25, 0.3) is 0 Å². The minimum atomic E-state index is -0.809. The van der Waals surface area contributed by atoms with Crippen LogP contribution >= 0.6 is 0 Å². The normalized spacial score (nSPS) is 13.6. The Morgan fingerprint density at radius 2 is 0.667 bits per heavy atom. The quantitative estimate of drug-likeness (QED) is 0.0378. The molecule has 1 atom stereocenters. The summed E-state index contributed by atoms with van der Waals surface area (Å²) in [4.78, 5) is 24.4. The maximum absolute atomic E-state index is 12.2. The first kappa shape index (κ1) is 55.8. The minimum absolute atomic E-state index is 0.101. The van der Waals surface area contributed by atoms with Crippen molar-refractivity contribution >= 4 is 11.9 Å². The van der Waals surface area contributed by atoms with Crippen molar-refractivity contribution in [3.63, 3.8) is 0 Å². The molecule has 0 aromatic rings. The van der Waals surface area contributed by atoms with E-state index >= 15 is 0 Å². The van der Waals surface area contributed by atoms with Gasteiger partial charge in [-0.05, 0) is 116 Å². The fourth-order valence-corrected chi connectivity index (χ4v) is 5.68. The van der Waals surface area contributed by atoms with Crippen molar-refractivity contribution in [2.45, 2.75) is 174 Å². The summed E-state index contributed by atoms with van der Waals surface area (Å²) in [6, 6.07) is 0. The molecule has 5 nitrogen and oxygen atoms in total. The molecule has 0 saturated heterocycles. The van der Waals surface area contributed by atoms with Gasteiger partial charge in [-0.2, -0.15) is 0 Å². The summed E-state index contributed by atoms with van der Waals surface area (Å²) in [5, 5.41) is 9.61. The molecule has 1 N–H and O–H groups in total. The number of esters is 2. The molecule has 0 amide bonds. The molecule has 334 valence electrons. The first-order valence-electron chi connectivity index (χ1n) is 23.4. The molecule has 0 aliphatic heterocycles. The molecule has 60 heavy (non-hydrogen) atoms. The van der Waals surface area contributed by atoms with E-state index in [4.69, 9.17) is 9.47 Å². The van der Waals surface area contributed by atoms with E-state index in [1.54, 1.807) is 0 Å². The Hall–Kier alpha value is -4.22. The number of ether oxygens (including phenoxy) is 2. The summed E-state index contributed by atoms with van der Waals surface area (Å²) in [5.74, 6) is -0.665. The van der Waals surface area contributed by atoms with E-state index in [0.717, 1.165) is 141 Å². The van der Waals surface area contributed by atoms with Crippen molar-refractivity contribution in [3.8, 4) is 0 Å². The van der Waals surface area contributed by atoms with E-state index in [-0.39, 0.29) is 25.2 Å². The zero-order valence-electron chi connectivity index (χ0n) is 37.9. The summed E-state index contributed by atoms with van der Waals surface area (Å²) in [6.07, 6.45) is 74.9. The molecule has 0 bridgehead atoms. The van der Waals surface area contributed by atoms with Gasteiger partial charge in [-0.1, -0.05) is 185 Å². The topological polar surface area (TPSA) is 72.8 Å². The lowest BCUT2D eigenvalue weighted by Gasteiger charge is -2.15. The van der Waals surface area contributed by atoms with E-state index in [1.807, 2.05) is 0 Å². The van der Waals surface area contributed by atoms with Gasteiger partial charge in [0.2, 0.25) is 0 Å². The largest absolute Gasteiger partial charge is 0.462 e. The Morgan fingerprint density at radius 3 is 0.983 bits per heavy atom. The lowest BCUT2D eigenvalue weighted by Crippen LogP contribution is -2.28. The summed E-state index contributed by atoms with van der Waals surface area (Å²) in [5.41, 5.74) is 0. The number of allylic oxidation sites excluding steroid dienone is 24. The van der Waals surface area contributed by atoms with E-state index < -0.39 is 6.10 Å². The monoisotopic (exact) mass is 825 g/mol. The highest BCUT2D eigenvalue weighted by Gasteiger charge is 2.16. The maximum atomic E-state index is 12.2. The average molecular weight is 825 g/mol. The van der Waals surface area contributed by atoms with Gasteiger partial charge in [-0.15, -0.1) is 0 Å². The zero-order valence-corrected chi connectivity index (χ0v) is 37.9. The fraction of sp³-hybridized carbons (Fsp3) is 0.527. The molecule has 0 radical (unpaired) electrons. The van der Waals surface area contributed by atoms with Gasteiger partial charge in [0.1, 0.15) is 6.61 Å². The van der Waals surface area contributed by atoms with Crippen molar-refractivity contribution < 1.29 is 24.2 Å². The number of aliphatic hydroxyl groups excluding tert-OH is 1. The highest BCUT2D eigenvalue weighted by molar-refractivity contribution is 5.70. The number of carbonyl (C=O) groups is 2. The molecule has 0 aromatic heterocycles. The third-order valence-corrected chi connectivity index (χ3v) is 9.13. The number of hydrogen-bond donors (Lipinski definition) is 1.